The van der Waals surface area contributed by atoms with Crippen LogP contribution in [-0.2, 0) is 0 Å². The van der Waals surface area contributed by atoms with Crippen LogP contribution in [0.5, 0.6) is 0 Å². The second kappa shape index (κ2) is 5.06. The van der Waals surface area contributed by atoms with Crippen LogP contribution in [0.3, 0.4) is 0 Å². The number of hydrogen-bond acceptors (Lipinski definition) is 1. The zero-order valence-corrected chi connectivity index (χ0v) is 8.49. The first-order valence-electron chi connectivity index (χ1n) is 4.20. The molecule has 0 aromatic carbocycles. The van der Waals surface area contributed by atoms with Crippen molar-refractivity contribution < 1.29 is 0 Å². The lowest BCUT2D eigenvalue weighted by Crippen LogP contribution is -2.06. The topological polar surface area (TPSA) is 0 Å². The SMILES string of the molecule is CC(C)CC(S)CC(C)C. The highest BCUT2D eigenvalue weighted by Crippen LogP contribution is 2.17. The van der Waals surface area contributed by atoms with E-state index in [-0.39, 0.29) is 0 Å². The predicted molar refractivity (Wildman–Crippen MR) is 51.7 cm³/mol. The largest absolute Gasteiger partial charge is 0.176 e. The zero-order chi connectivity index (χ0) is 8.15. The maximum atomic E-state index is 4.51. The minimum Gasteiger partial charge on any atom is -0.176 e. The van der Waals surface area contributed by atoms with E-state index < -0.39 is 0 Å². The maximum Gasteiger partial charge on any atom is 0.00216 e. The first kappa shape index (κ1) is 10.3. The van der Waals surface area contributed by atoms with Gasteiger partial charge in [-0.1, -0.05) is 27.7 Å². The van der Waals surface area contributed by atoms with Crippen LogP contribution in [0, 0.1) is 11.8 Å². The van der Waals surface area contributed by atoms with Gasteiger partial charge in [0.1, 0.15) is 0 Å². The van der Waals surface area contributed by atoms with Gasteiger partial charge in [-0.25, -0.2) is 0 Å². The highest BCUT2D eigenvalue weighted by molar-refractivity contribution is 7.80. The van der Waals surface area contributed by atoms with Crippen molar-refractivity contribution in [1.29, 1.82) is 0 Å². The minimum absolute atomic E-state index is 0.611. The third-order valence-corrected chi connectivity index (χ3v) is 1.91. The van der Waals surface area contributed by atoms with Crippen molar-refractivity contribution in [3.05, 3.63) is 0 Å². The fourth-order valence-electron chi connectivity index (χ4n) is 1.18. The van der Waals surface area contributed by atoms with Gasteiger partial charge < -0.3 is 0 Å². The van der Waals surface area contributed by atoms with Crippen molar-refractivity contribution in [3.63, 3.8) is 0 Å². The Bertz CT molecular complexity index is 66.8. The van der Waals surface area contributed by atoms with E-state index in [1.54, 1.807) is 0 Å². The van der Waals surface area contributed by atoms with Crippen molar-refractivity contribution in [3.8, 4) is 0 Å². The molecule has 0 aromatic heterocycles. The summed E-state index contributed by atoms with van der Waals surface area (Å²) in [6, 6.07) is 0. The monoisotopic (exact) mass is 160 g/mol. The number of hydrogen-bond donors (Lipinski definition) is 1. The molecule has 0 spiro atoms. The van der Waals surface area contributed by atoms with Crippen molar-refractivity contribution in [2.24, 2.45) is 11.8 Å². The van der Waals surface area contributed by atoms with Crippen LogP contribution < -0.4 is 0 Å². The molecule has 0 aliphatic rings. The molecular weight excluding hydrogens is 140 g/mol. The number of thiol groups is 1. The lowest BCUT2D eigenvalue weighted by molar-refractivity contribution is 0.494. The first-order chi connectivity index (χ1) is 4.52. The lowest BCUT2D eigenvalue weighted by Gasteiger charge is -2.14. The Morgan fingerprint density at radius 3 is 1.40 bits per heavy atom. The van der Waals surface area contributed by atoms with Gasteiger partial charge in [-0.3, -0.25) is 0 Å². The van der Waals surface area contributed by atoms with Crippen LogP contribution in [0.25, 0.3) is 0 Å². The van der Waals surface area contributed by atoms with E-state index >= 15 is 0 Å². The Labute approximate surface area is 70.8 Å². The van der Waals surface area contributed by atoms with E-state index in [0.717, 1.165) is 11.8 Å². The van der Waals surface area contributed by atoms with Gasteiger partial charge in [-0.2, -0.15) is 12.6 Å². The van der Waals surface area contributed by atoms with Gasteiger partial charge in [0, 0.05) is 5.25 Å². The van der Waals surface area contributed by atoms with Crippen LogP contribution in [0.2, 0.25) is 0 Å². The van der Waals surface area contributed by atoms with E-state index in [9.17, 15) is 0 Å². The summed E-state index contributed by atoms with van der Waals surface area (Å²) in [4.78, 5) is 0. The highest BCUT2D eigenvalue weighted by atomic mass is 32.1. The minimum atomic E-state index is 0.611. The summed E-state index contributed by atoms with van der Waals surface area (Å²) in [7, 11) is 0. The van der Waals surface area contributed by atoms with Crippen LogP contribution in [0.1, 0.15) is 40.5 Å². The molecule has 0 fully saturated rings. The van der Waals surface area contributed by atoms with Crippen molar-refractivity contribution in [1.82, 2.24) is 0 Å². The lowest BCUT2D eigenvalue weighted by atomic mass is 10.0. The fraction of sp³-hybridized carbons (Fsp3) is 1.00. The fourth-order valence-corrected chi connectivity index (χ4v) is 2.03. The predicted octanol–water partition coefficient (Wildman–Crippen LogP) is 3.38. The number of rotatable bonds is 4. The summed E-state index contributed by atoms with van der Waals surface area (Å²) in [6.45, 7) is 9.01. The molecule has 0 nitrogen and oxygen atoms in total. The zero-order valence-electron chi connectivity index (χ0n) is 7.59. The smallest absolute Gasteiger partial charge is 0.00216 e. The van der Waals surface area contributed by atoms with Gasteiger partial charge in [-0.05, 0) is 24.7 Å². The van der Waals surface area contributed by atoms with E-state index in [2.05, 4.69) is 40.3 Å². The molecule has 1 heteroatoms. The quantitative estimate of drug-likeness (QED) is 0.599. The Morgan fingerprint density at radius 1 is 0.900 bits per heavy atom. The van der Waals surface area contributed by atoms with Crippen LogP contribution in [0.4, 0.5) is 0 Å². The van der Waals surface area contributed by atoms with E-state index in [1.165, 1.54) is 12.8 Å². The molecule has 0 bridgehead atoms. The standard InChI is InChI=1S/C9H20S/c1-7(2)5-9(10)6-8(3)4/h7-10H,5-6H2,1-4H3. The molecule has 0 N–H and O–H groups in total. The average Bonchev–Trinajstić information content (AvgIpc) is 1.58. The second-order valence-corrected chi connectivity index (χ2v) is 4.64. The molecule has 0 amide bonds. The Hall–Kier alpha value is 0.350. The summed E-state index contributed by atoms with van der Waals surface area (Å²) >= 11 is 4.51. The van der Waals surface area contributed by atoms with Crippen molar-refractivity contribution >= 4 is 12.6 Å². The van der Waals surface area contributed by atoms with Crippen LogP contribution in [-0.4, -0.2) is 5.25 Å². The van der Waals surface area contributed by atoms with E-state index in [4.69, 9.17) is 0 Å². The molecule has 0 aliphatic heterocycles. The van der Waals surface area contributed by atoms with Gasteiger partial charge in [0.05, 0.1) is 0 Å². The normalized spacial score (nSPS) is 12.0. The molecule has 0 heterocycles. The Morgan fingerprint density at radius 2 is 1.20 bits per heavy atom. The third kappa shape index (κ3) is 6.47. The molecule has 62 valence electrons. The average molecular weight is 160 g/mol. The summed E-state index contributed by atoms with van der Waals surface area (Å²) in [5, 5.41) is 0.611. The van der Waals surface area contributed by atoms with E-state index in [1.807, 2.05) is 0 Å². The van der Waals surface area contributed by atoms with Crippen molar-refractivity contribution in [2.45, 2.75) is 45.8 Å². The second-order valence-electron chi connectivity index (χ2n) is 3.91. The summed E-state index contributed by atoms with van der Waals surface area (Å²) in [5.74, 6) is 1.59. The van der Waals surface area contributed by atoms with Crippen molar-refractivity contribution in [2.75, 3.05) is 0 Å². The molecule has 0 saturated heterocycles. The summed E-state index contributed by atoms with van der Waals surface area (Å²) in [5.41, 5.74) is 0. The molecule has 0 aliphatic carbocycles. The van der Waals surface area contributed by atoms with Crippen LogP contribution >= 0.6 is 12.6 Å². The maximum absolute atomic E-state index is 4.51. The first-order valence-corrected chi connectivity index (χ1v) is 4.72. The molecule has 0 unspecified atom stereocenters. The van der Waals surface area contributed by atoms with Gasteiger partial charge in [-0.15, -0.1) is 0 Å². The highest BCUT2D eigenvalue weighted by Gasteiger charge is 2.07. The molecule has 10 heavy (non-hydrogen) atoms. The molecule has 0 aromatic rings. The molecule has 0 radical (unpaired) electrons. The third-order valence-electron chi connectivity index (χ3n) is 1.49. The van der Waals surface area contributed by atoms with Gasteiger partial charge in [0.25, 0.3) is 0 Å². The van der Waals surface area contributed by atoms with Gasteiger partial charge in [0.15, 0.2) is 0 Å². The molecular formula is C9H20S. The van der Waals surface area contributed by atoms with E-state index in [0.29, 0.717) is 5.25 Å². The van der Waals surface area contributed by atoms with Gasteiger partial charge >= 0.3 is 0 Å². The Balaban J connectivity index is 3.34. The van der Waals surface area contributed by atoms with Gasteiger partial charge in [0.2, 0.25) is 0 Å². The molecule has 0 atom stereocenters. The molecule has 0 saturated carbocycles. The summed E-state index contributed by atoms with van der Waals surface area (Å²) < 4.78 is 0. The van der Waals surface area contributed by atoms with Crippen LogP contribution in [0.15, 0.2) is 0 Å². The Kier molecular flexibility index (Phi) is 5.24. The molecule has 0 rings (SSSR count). The summed E-state index contributed by atoms with van der Waals surface area (Å²) in [6.07, 6.45) is 2.50.